The standard InChI is InChI=1S/C27H29FN4O4S/c1-35-24-5-3-19-25(32-24)17(18(28)13-29-19)11-22(33)27-8-6-26(7-9-27,15-36-27)30-12-16-2-4-21-20(10-16)31-23(34)14-37-21/h2-5,10,13,22,30,33H,6-9,11-12,14-15H2,1H3,(H,31,34). The minimum Gasteiger partial charge on any atom is -0.481 e. The molecule has 3 fully saturated rings. The number of hydrogen-bond donors (Lipinski definition) is 3. The van der Waals surface area contributed by atoms with Crippen LogP contribution in [0.4, 0.5) is 10.1 Å². The summed E-state index contributed by atoms with van der Waals surface area (Å²) in [6, 6.07) is 9.59. The van der Waals surface area contributed by atoms with Crippen molar-refractivity contribution >= 4 is 34.4 Å². The second-order valence-corrected chi connectivity index (χ2v) is 11.2. The first-order chi connectivity index (χ1) is 17.9. The molecule has 2 bridgehead atoms. The van der Waals surface area contributed by atoms with Crippen LogP contribution in [0.2, 0.25) is 0 Å². The highest BCUT2D eigenvalue weighted by Gasteiger charge is 2.53. The van der Waals surface area contributed by atoms with Crippen molar-refractivity contribution in [2.75, 3.05) is 24.8 Å². The van der Waals surface area contributed by atoms with E-state index in [2.05, 4.69) is 32.7 Å². The highest BCUT2D eigenvalue weighted by Crippen LogP contribution is 2.46. The van der Waals surface area contributed by atoms with Gasteiger partial charge in [-0.15, -0.1) is 11.8 Å². The summed E-state index contributed by atoms with van der Waals surface area (Å²) >= 11 is 1.55. The van der Waals surface area contributed by atoms with Gasteiger partial charge >= 0.3 is 0 Å². The molecule has 4 aliphatic rings. The number of benzene rings is 1. The molecule has 0 spiro atoms. The summed E-state index contributed by atoms with van der Waals surface area (Å²) in [6.45, 7) is 1.14. The van der Waals surface area contributed by atoms with Crippen molar-refractivity contribution in [2.45, 2.75) is 60.8 Å². The maximum Gasteiger partial charge on any atom is 0.234 e. The number of rotatable bonds is 7. The number of ether oxygens (including phenoxy) is 2. The van der Waals surface area contributed by atoms with Gasteiger partial charge in [0.05, 0.1) is 54.1 Å². The molecular weight excluding hydrogens is 495 g/mol. The third-order valence-electron chi connectivity index (χ3n) is 7.99. The van der Waals surface area contributed by atoms with E-state index in [0.717, 1.165) is 29.0 Å². The van der Waals surface area contributed by atoms with E-state index in [1.807, 2.05) is 6.07 Å². The minimum absolute atomic E-state index is 0.0265. The summed E-state index contributed by atoms with van der Waals surface area (Å²) in [5.74, 6) is 0.355. The van der Waals surface area contributed by atoms with E-state index in [4.69, 9.17) is 9.47 Å². The summed E-state index contributed by atoms with van der Waals surface area (Å²) in [4.78, 5) is 21.4. The lowest BCUT2D eigenvalue weighted by Crippen LogP contribution is -2.65. The van der Waals surface area contributed by atoms with Gasteiger partial charge in [-0.1, -0.05) is 6.07 Å². The van der Waals surface area contributed by atoms with E-state index < -0.39 is 17.5 Å². The van der Waals surface area contributed by atoms with Gasteiger partial charge in [-0.05, 0) is 49.4 Å². The molecule has 1 amide bonds. The Balaban J connectivity index is 1.13. The van der Waals surface area contributed by atoms with Gasteiger partial charge in [0.25, 0.3) is 0 Å². The zero-order valence-corrected chi connectivity index (χ0v) is 21.4. The SMILES string of the molecule is COc1ccc2ncc(F)c(CC(O)C34CCC(NCc5ccc6c(c5)NC(=O)CS6)(CC3)CO4)c2n1. The second kappa shape index (κ2) is 9.50. The molecule has 1 atom stereocenters. The van der Waals surface area contributed by atoms with E-state index in [0.29, 0.717) is 54.2 Å². The fourth-order valence-corrected chi connectivity index (χ4v) is 6.46. The van der Waals surface area contributed by atoms with Crippen molar-refractivity contribution in [3.63, 3.8) is 0 Å². The molecule has 3 aromatic rings. The van der Waals surface area contributed by atoms with Crippen LogP contribution in [0.5, 0.6) is 5.88 Å². The zero-order chi connectivity index (χ0) is 25.6. The van der Waals surface area contributed by atoms with Crippen LogP contribution >= 0.6 is 11.8 Å². The molecule has 3 aliphatic heterocycles. The number of thioether (sulfide) groups is 1. The molecule has 1 saturated carbocycles. The van der Waals surface area contributed by atoms with E-state index in [1.165, 1.54) is 13.3 Å². The highest BCUT2D eigenvalue weighted by molar-refractivity contribution is 8.00. The van der Waals surface area contributed by atoms with Gasteiger partial charge in [0.2, 0.25) is 11.8 Å². The van der Waals surface area contributed by atoms with Gasteiger partial charge in [0.1, 0.15) is 5.82 Å². The molecule has 7 rings (SSSR count). The maximum atomic E-state index is 14.8. The van der Waals surface area contributed by atoms with Gasteiger partial charge < -0.3 is 25.2 Å². The largest absolute Gasteiger partial charge is 0.481 e. The Hall–Kier alpha value is -2.79. The zero-order valence-electron chi connectivity index (χ0n) is 20.6. The van der Waals surface area contributed by atoms with Gasteiger partial charge in [-0.3, -0.25) is 9.78 Å². The number of pyridine rings is 2. The smallest absolute Gasteiger partial charge is 0.234 e. The van der Waals surface area contributed by atoms with Gasteiger partial charge in [0.15, 0.2) is 0 Å². The third kappa shape index (κ3) is 4.56. The monoisotopic (exact) mass is 524 g/mol. The molecular formula is C27H29FN4O4S. The number of nitrogens with one attached hydrogen (secondary N) is 2. The van der Waals surface area contributed by atoms with Crippen molar-refractivity contribution < 1.29 is 23.8 Å². The summed E-state index contributed by atoms with van der Waals surface area (Å²) in [7, 11) is 1.51. The van der Waals surface area contributed by atoms with Crippen LogP contribution in [-0.2, 0) is 22.5 Å². The number of hydrogen-bond acceptors (Lipinski definition) is 8. The number of aliphatic hydroxyl groups is 1. The Kier molecular flexibility index (Phi) is 6.30. The van der Waals surface area contributed by atoms with Gasteiger partial charge in [-0.2, -0.15) is 0 Å². The van der Waals surface area contributed by atoms with Crippen LogP contribution < -0.4 is 15.4 Å². The first-order valence-corrected chi connectivity index (χ1v) is 13.5. The lowest BCUT2D eigenvalue weighted by atomic mass is 9.68. The van der Waals surface area contributed by atoms with Crippen LogP contribution in [0.25, 0.3) is 11.0 Å². The highest BCUT2D eigenvalue weighted by atomic mass is 32.2. The van der Waals surface area contributed by atoms with Gasteiger partial charge in [0, 0.05) is 35.0 Å². The summed E-state index contributed by atoms with van der Waals surface area (Å²) < 4.78 is 26.4. The van der Waals surface area contributed by atoms with E-state index in [9.17, 15) is 14.3 Å². The Morgan fingerprint density at radius 2 is 2.11 bits per heavy atom. The Morgan fingerprint density at radius 3 is 2.86 bits per heavy atom. The number of methoxy groups -OCH3 is 1. The van der Waals surface area contributed by atoms with Crippen LogP contribution in [0.3, 0.4) is 0 Å². The van der Waals surface area contributed by atoms with Crippen molar-refractivity contribution in [1.29, 1.82) is 0 Å². The minimum atomic E-state index is -0.874. The fourth-order valence-electron chi connectivity index (χ4n) is 5.67. The fraction of sp³-hybridized carbons (Fsp3) is 0.444. The molecule has 2 aromatic heterocycles. The number of fused-ring (bicyclic) bond motifs is 5. The maximum absolute atomic E-state index is 14.8. The number of aliphatic hydroxyl groups excluding tert-OH is 1. The summed E-state index contributed by atoms with van der Waals surface area (Å²) in [6.07, 6.45) is 3.46. The predicted octanol–water partition coefficient (Wildman–Crippen LogP) is 3.60. The first kappa shape index (κ1) is 24.5. The normalized spacial score (nSPS) is 25.5. The number of carbonyl (C=O) groups excluding carboxylic acids is 1. The van der Waals surface area contributed by atoms with Crippen molar-refractivity contribution in [2.24, 2.45) is 0 Å². The molecule has 5 heterocycles. The molecule has 37 heavy (non-hydrogen) atoms. The van der Waals surface area contributed by atoms with E-state index >= 15 is 0 Å². The van der Waals surface area contributed by atoms with Crippen LogP contribution in [0.1, 0.15) is 36.8 Å². The molecule has 3 N–H and O–H groups in total. The Morgan fingerprint density at radius 1 is 1.27 bits per heavy atom. The summed E-state index contributed by atoms with van der Waals surface area (Å²) in [5, 5.41) is 17.9. The number of carbonyl (C=O) groups is 1. The molecule has 2 saturated heterocycles. The molecule has 1 aromatic carbocycles. The predicted molar refractivity (Wildman–Crippen MR) is 138 cm³/mol. The quantitative estimate of drug-likeness (QED) is 0.431. The number of halogens is 1. The van der Waals surface area contributed by atoms with E-state index in [-0.39, 0.29) is 17.9 Å². The van der Waals surface area contributed by atoms with Crippen molar-refractivity contribution in [1.82, 2.24) is 15.3 Å². The van der Waals surface area contributed by atoms with Crippen molar-refractivity contribution in [3.8, 4) is 5.88 Å². The molecule has 194 valence electrons. The number of nitrogens with zero attached hydrogens (tertiary/aromatic N) is 2. The number of amides is 1. The van der Waals surface area contributed by atoms with Crippen LogP contribution in [0.15, 0.2) is 41.4 Å². The molecule has 10 heteroatoms. The van der Waals surface area contributed by atoms with Gasteiger partial charge in [-0.25, -0.2) is 9.37 Å². The average molecular weight is 525 g/mol. The van der Waals surface area contributed by atoms with Crippen LogP contribution in [0, 0.1) is 5.82 Å². The topological polar surface area (TPSA) is 106 Å². The number of aromatic nitrogens is 2. The Labute approximate surface area is 218 Å². The molecule has 1 aliphatic carbocycles. The molecule has 1 unspecified atom stereocenters. The second-order valence-electron chi connectivity index (χ2n) is 10.2. The average Bonchev–Trinajstić information content (AvgIpc) is 2.94. The summed E-state index contributed by atoms with van der Waals surface area (Å²) in [5.41, 5.74) is 2.37. The molecule has 8 nitrogen and oxygen atoms in total. The van der Waals surface area contributed by atoms with Crippen molar-refractivity contribution in [3.05, 3.63) is 53.5 Å². The molecule has 0 radical (unpaired) electrons. The first-order valence-electron chi connectivity index (χ1n) is 12.5. The van der Waals surface area contributed by atoms with Crippen LogP contribution in [-0.4, -0.2) is 57.7 Å². The van der Waals surface area contributed by atoms with E-state index in [1.54, 1.807) is 23.9 Å². The Bertz CT molecular complexity index is 1350. The lowest BCUT2D eigenvalue weighted by Gasteiger charge is -2.55. The lowest BCUT2D eigenvalue weighted by molar-refractivity contribution is -0.208. The number of anilines is 1. The third-order valence-corrected chi connectivity index (χ3v) is 9.06.